The number of hydrogen-bond acceptors (Lipinski definition) is 4. The zero-order chi connectivity index (χ0) is 19.8. The maximum absolute atomic E-state index is 14.2. The van der Waals surface area contributed by atoms with Gasteiger partial charge in [-0.1, -0.05) is 18.2 Å². The van der Waals surface area contributed by atoms with Crippen LogP contribution in [0.5, 0.6) is 5.75 Å². The topological polar surface area (TPSA) is 90.5 Å². The summed E-state index contributed by atoms with van der Waals surface area (Å²) in [5.74, 6) is -1.60. The third-order valence-electron chi connectivity index (χ3n) is 4.70. The van der Waals surface area contributed by atoms with E-state index in [9.17, 15) is 14.0 Å². The number of anilines is 1. The van der Waals surface area contributed by atoms with Crippen LogP contribution in [0.2, 0.25) is 0 Å². The molecule has 0 spiro atoms. The maximum Gasteiger partial charge on any atom is 0.277 e. The van der Waals surface area contributed by atoms with Gasteiger partial charge in [-0.05, 0) is 30.7 Å². The van der Waals surface area contributed by atoms with Crippen LogP contribution in [-0.2, 0) is 6.42 Å². The Morgan fingerprint density at radius 3 is 2.57 bits per heavy atom. The van der Waals surface area contributed by atoms with E-state index in [4.69, 9.17) is 10.5 Å². The van der Waals surface area contributed by atoms with Crippen LogP contribution in [0.15, 0.2) is 48.5 Å². The number of nitrogens with zero attached hydrogens (tertiary/aromatic N) is 3. The van der Waals surface area contributed by atoms with Crippen molar-refractivity contribution in [3.8, 4) is 11.4 Å². The number of halogens is 1. The quantitative estimate of drug-likeness (QED) is 0.752. The fourth-order valence-electron chi connectivity index (χ4n) is 3.39. The van der Waals surface area contributed by atoms with Crippen molar-refractivity contribution in [1.29, 1.82) is 0 Å². The second-order valence-electron chi connectivity index (χ2n) is 6.31. The maximum atomic E-state index is 14.2. The van der Waals surface area contributed by atoms with E-state index in [-0.39, 0.29) is 23.0 Å². The smallest absolute Gasteiger partial charge is 0.277 e. The Morgan fingerprint density at radius 2 is 1.93 bits per heavy atom. The van der Waals surface area contributed by atoms with Crippen LogP contribution in [0.25, 0.3) is 5.69 Å². The van der Waals surface area contributed by atoms with E-state index in [0.717, 1.165) is 5.69 Å². The Balaban J connectivity index is 1.87. The third kappa shape index (κ3) is 2.79. The molecule has 0 saturated heterocycles. The number of rotatable bonds is 4. The number of nitrogens with two attached hydrogens (primary N) is 1. The summed E-state index contributed by atoms with van der Waals surface area (Å²) in [4.78, 5) is 26.7. The second-order valence-corrected chi connectivity index (χ2v) is 6.31. The molecule has 0 fully saturated rings. The second kappa shape index (κ2) is 6.80. The highest BCUT2D eigenvalue weighted by Gasteiger charge is 2.34. The van der Waals surface area contributed by atoms with Gasteiger partial charge in [0.15, 0.2) is 17.3 Å². The van der Waals surface area contributed by atoms with Gasteiger partial charge in [0.1, 0.15) is 5.69 Å². The van der Waals surface area contributed by atoms with E-state index in [1.54, 1.807) is 11.0 Å². The summed E-state index contributed by atoms with van der Waals surface area (Å²) >= 11 is 0. The molecular formula is C20H17FN4O3. The van der Waals surface area contributed by atoms with Crippen LogP contribution < -0.4 is 15.4 Å². The molecular weight excluding hydrogens is 363 g/mol. The van der Waals surface area contributed by atoms with Gasteiger partial charge in [0, 0.05) is 23.9 Å². The van der Waals surface area contributed by atoms with E-state index in [1.165, 1.54) is 23.9 Å². The first-order valence-corrected chi connectivity index (χ1v) is 8.63. The van der Waals surface area contributed by atoms with Crippen LogP contribution in [0.4, 0.5) is 10.1 Å². The Hall–Kier alpha value is -3.68. The summed E-state index contributed by atoms with van der Waals surface area (Å²) in [6.45, 7) is 0.388. The molecule has 0 radical (unpaired) electrons. The molecule has 2 aromatic carbocycles. The van der Waals surface area contributed by atoms with Gasteiger partial charge in [-0.15, -0.1) is 0 Å². The summed E-state index contributed by atoms with van der Waals surface area (Å²) in [7, 11) is 1.36. The van der Waals surface area contributed by atoms with Gasteiger partial charge < -0.3 is 15.4 Å². The number of methoxy groups -OCH3 is 1. The van der Waals surface area contributed by atoms with Crippen molar-refractivity contribution in [2.75, 3.05) is 18.6 Å². The van der Waals surface area contributed by atoms with Crippen LogP contribution in [-0.4, -0.2) is 35.2 Å². The Kier molecular flexibility index (Phi) is 4.31. The van der Waals surface area contributed by atoms with E-state index in [0.29, 0.717) is 24.2 Å². The lowest BCUT2D eigenvalue weighted by Gasteiger charge is -2.27. The number of fused-ring (bicyclic) bond motifs is 1. The average Bonchev–Trinajstić information content (AvgIpc) is 3.10. The molecule has 8 heteroatoms. The number of para-hydroxylation sites is 1. The number of primary amides is 1. The predicted octanol–water partition coefficient (Wildman–Crippen LogP) is 2.32. The molecule has 1 aromatic heterocycles. The van der Waals surface area contributed by atoms with Crippen molar-refractivity contribution >= 4 is 17.5 Å². The van der Waals surface area contributed by atoms with Gasteiger partial charge in [0.05, 0.1) is 12.8 Å². The summed E-state index contributed by atoms with van der Waals surface area (Å²) < 4.78 is 20.4. The van der Waals surface area contributed by atoms with E-state index in [1.807, 2.05) is 30.3 Å². The monoisotopic (exact) mass is 380 g/mol. The molecule has 0 unspecified atom stereocenters. The molecule has 7 nitrogen and oxygen atoms in total. The SMILES string of the molecule is COc1ccc(-n2nc(C(N)=O)c3c2C(=O)N(c2ccccc2)CC3)cc1F. The lowest BCUT2D eigenvalue weighted by atomic mass is 10.0. The lowest BCUT2D eigenvalue weighted by molar-refractivity contribution is 0.0972. The van der Waals surface area contributed by atoms with Crippen molar-refractivity contribution in [2.24, 2.45) is 5.73 Å². The third-order valence-corrected chi connectivity index (χ3v) is 4.70. The molecule has 2 N–H and O–H groups in total. The molecule has 2 amide bonds. The number of aromatic nitrogens is 2. The molecule has 1 aliphatic heterocycles. The van der Waals surface area contributed by atoms with Gasteiger partial charge in [-0.2, -0.15) is 5.10 Å². The fourth-order valence-corrected chi connectivity index (χ4v) is 3.39. The van der Waals surface area contributed by atoms with Gasteiger partial charge in [0.2, 0.25) is 0 Å². The zero-order valence-corrected chi connectivity index (χ0v) is 15.1. The molecule has 1 aliphatic rings. The number of hydrogen-bond donors (Lipinski definition) is 1. The number of carbonyl (C=O) groups is 2. The Morgan fingerprint density at radius 1 is 1.18 bits per heavy atom. The summed E-state index contributed by atoms with van der Waals surface area (Å²) in [5.41, 5.74) is 7.18. The minimum Gasteiger partial charge on any atom is -0.494 e. The number of carbonyl (C=O) groups excluding carboxylic acids is 2. The van der Waals surface area contributed by atoms with Gasteiger partial charge in [-0.3, -0.25) is 9.59 Å². The summed E-state index contributed by atoms with van der Waals surface area (Å²) in [6, 6.07) is 13.4. The predicted molar refractivity (Wildman–Crippen MR) is 100 cm³/mol. The van der Waals surface area contributed by atoms with Gasteiger partial charge >= 0.3 is 0 Å². The summed E-state index contributed by atoms with van der Waals surface area (Å²) in [5, 5.41) is 4.22. The van der Waals surface area contributed by atoms with Crippen LogP contribution >= 0.6 is 0 Å². The van der Waals surface area contributed by atoms with Crippen LogP contribution in [0, 0.1) is 5.82 Å². The fraction of sp³-hybridized carbons (Fsp3) is 0.150. The minimum absolute atomic E-state index is 0.0206. The van der Waals surface area contributed by atoms with Crippen molar-refractivity contribution in [3.63, 3.8) is 0 Å². The number of amides is 2. The molecule has 142 valence electrons. The van der Waals surface area contributed by atoms with Crippen LogP contribution in [0.1, 0.15) is 26.5 Å². The van der Waals surface area contributed by atoms with E-state index >= 15 is 0 Å². The highest BCUT2D eigenvalue weighted by molar-refractivity contribution is 6.09. The largest absolute Gasteiger partial charge is 0.494 e. The molecule has 4 rings (SSSR count). The standard InChI is InChI=1S/C20H17FN4O3/c1-28-16-8-7-13(11-15(16)21)25-18-14(17(23-25)19(22)26)9-10-24(20(18)27)12-5-3-2-4-6-12/h2-8,11H,9-10H2,1H3,(H2,22,26). The zero-order valence-electron chi connectivity index (χ0n) is 15.1. The molecule has 0 bridgehead atoms. The molecule has 0 saturated carbocycles. The number of benzene rings is 2. The average molecular weight is 380 g/mol. The lowest BCUT2D eigenvalue weighted by Crippen LogP contribution is -2.39. The van der Waals surface area contributed by atoms with Crippen molar-refractivity contribution in [1.82, 2.24) is 9.78 Å². The molecule has 3 aromatic rings. The first-order chi connectivity index (χ1) is 13.5. The first kappa shape index (κ1) is 17.7. The first-order valence-electron chi connectivity index (χ1n) is 8.63. The van der Waals surface area contributed by atoms with Gasteiger partial charge in [0.25, 0.3) is 11.8 Å². The number of ether oxygens (including phenoxy) is 1. The Labute approximate surface area is 160 Å². The molecule has 28 heavy (non-hydrogen) atoms. The minimum atomic E-state index is -0.732. The Bertz CT molecular complexity index is 1080. The van der Waals surface area contributed by atoms with Crippen molar-refractivity contribution in [3.05, 3.63) is 71.3 Å². The molecule has 2 heterocycles. The molecule has 0 atom stereocenters. The van der Waals surface area contributed by atoms with E-state index in [2.05, 4.69) is 5.10 Å². The van der Waals surface area contributed by atoms with Crippen LogP contribution in [0.3, 0.4) is 0 Å². The van der Waals surface area contributed by atoms with Gasteiger partial charge in [-0.25, -0.2) is 9.07 Å². The normalized spacial score (nSPS) is 13.4. The highest BCUT2D eigenvalue weighted by Crippen LogP contribution is 2.29. The van der Waals surface area contributed by atoms with Crippen molar-refractivity contribution in [2.45, 2.75) is 6.42 Å². The molecule has 0 aliphatic carbocycles. The van der Waals surface area contributed by atoms with Crippen molar-refractivity contribution < 1.29 is 18.7 Å². The van der Waals surface area contributed by atoms with E-state index < -0.39 is 11.7 Å². The highest BCUT2D eigenvalue weighted by atomic mass is 19.1. The summed E-state index contributed by atoms with van der Waals surface area (Å²) in [6.07, 6.45) is 0.410.